The Balaban J connectivity index is 1.37. The summed E-state index contributed by atoms with van der Waals surface area (Å²) in [7, 11) is 0. The molecule has 0 amide bonds. The number of aliphatic hydroxyl groups is 1. The fraction of sp³-hybridized carbons (Fsp3) is 0.771. The molecule has 206 valence electrons. The molecule has 0 radical (unpaired) electrons. The molecule has 3 atom stereocenters. The smallest absolute Gasteiger partial charge is 0.0853 e. The molecule has 0 bridgehead atoms. The monoisotopic (exact) mass is 505 g/mol. The van der Waals surface area contributed by atoms with Crippen molar-refractivity contribution in [3.8, 4) is 0 Å². The Hall–Kier alpha value is -1.28. The molecule has 4 saturated carbocycles. The minimum absolute atomic E-state index is 0.385. The molecule has 1 aromatic carbocycles. The lowest BCUT2D eigenvalue weighted by Gasteiger charge is -2.46. The Labute approximate surface area is 228 Å². The van der Waals surface area contributed by atoms with Gasteiger partial charge < -0.3 is 5.11 Å². The van der Waals surface area contributed by atoms with Crippen molar-refractivity contribution in [1.29, 1.82) is 0 Å². The van der Waals surface area contributed by atoms with E-state index in [0.29, 0.717) is 23.6 Å². The van der Waals surface area contributed by atoms with E-state index in [1.165, 1.54) is 129 Å². The summed E-state index contributed by atoms with van der Waals surface area (Å²) < 4.78 is 0. The first-order chi connectivity index (χ1) is 18.2. The van der Waals surface area contributed by atoms with Crippen LogP contribution >= 0.6 is 0 Å². The van der Waals surface area contributed by atoms with Crippen molar-refractivity contribution < 1.29 is 5.11 Å². The highest BCUT2D eigenvalue weighted by Gasteiger charge is 2.37. The summed E-state index contributed by atoms with van der Waals surface area (Å²) in [5, 5.41) is 10.0. The van der Waals surface area contributed by atoms with E-state index in [1.807, 2.05) is 0 Å². The molecule has 0 spiro atoms. The van der Waals surface area contributed by atoms with Crippen molar-refractivity contribution in [2.45, 2.75) is 140 Å². The molecule has 0 saturated heterocycles. The largest absolute Gasteiger partial charge is 0.513 e. The first-order valence-electron chi connectivity index (χ1n) is 16.4. The second kappa shape index (κ2) is 13.7. The molecule has 1 aromatic rings. The molecule has 0 unspecified atom stereocenters. The van der Waals surface area contributed by atoms with E-state index in [1.54, 1.807) is 11.1 Å². The van der Waals surface area contributed by atoms with Gasteiger partial charge in [0.15, 0.2) is 0 Å². The highest BCUT2D eigenvalue weighted by molar-refractivity contribution is 5.29. The van der Waals surface area contributed by atoms with Crippen molar-refractivity contribution in [2.75, 3.05) is 13.1 Å². The number of aliphatic hydroxyl groups excluding tert-OH is 1. The minimum Gasteiger partial charge on any atom is -0.513 e. The fourth-order valence-corrected chi connectivity index (χ4v) is 8.75. The molecule has 4 aliphatic rings. The van der Waals surface area contributed by atoms with E-state index in [4.69, 9.17) is 0 Å². The maximum Gasteiger partial charge on any atom is 0.0853 e. The molecule has 37 heavy (non-hydrogen) atoms. The summed E-state index contributed by atoms with van der Waals surface area (Å²) in [6.07, 6.45) is 26.0. The average molecular weight is 506 g/mol. The highest BCUT2D eigenvalue weighted by Crippen LogP contribution is 2.43. The van der Waals surface area contributed by atoms with Crippen LogP contribution in [0.5, 0.6) is 0 Å². The topological polar surface area (TPSA) is 23.5 Å². The summed E-state index contributed by atoms with van der Waals surface area (Å²) in [5.41, 5.74) is 3.15. The maximum absolute atomic E-state index is 10.0. The maximum atomic E-state index is 10.0. The van der Waals surface area contributed by atoms with Crippen LogP contribution in [0.15, 0.2) is 36.6 Å². The zero-order valence-corrected chi connectivity index (χ0v) is 23.7. The predicted octanol–water partition coefficient (Wildman–Crippen LogP) is 9.91. The first-order valence-corrected chi connectivity index (χ1v) is 16.4. The Morgan fingerprint density at radius 3 is 1.70 bits per heavy atom. The number of nitrogens with zero attached hydrogens (tertiary/aromatic N) is 1. The fourth-order valence-electron chi connectivity index (χ4n) is 8.75. The summed E-state index contributed by atoms with van der Waals surface area (Å²) in [6, 6.07) is 10.7. The lowest BCUT2D eigenvalue weighted by molar-refractivity contribution is 0.0667. The molecule has 4 aliphatic carbocycles. The summed E-state index contributed by atoms with van der Waals surface area (Å²) in [5.74, 6) is 4.14. The summed E-state index contributed by atoms with van der Waals surface area (Å²) >= 11 is 0. The molecule has 4 fully saturated rings. The number of rotatable bonds is 9. The summed E-state index contributed by atoms with van der Waals surface area (Å²) in [4.78, 5) is 3.02. The van der Waals surface area contributed by atoms with Gasteiger partial charge in [0.2, 0.25) is 0 Å². The molecular weight excluding hydrogens is 450 g/mol. The third kappa shape index (κ3) is 7.65. The van der Waals surface area contributed by atoms with Gasteiger partial charge in [0, 0.05) is 25.6 Å². The number of allylic oxidation sites excluding steroid dienone is 1. The van der Waals surface area contributed by atoms with Gasteiger partial charge in [0.1, 0.15) is 0 Å². The second-order valence-electron chi connectivity index (χ2n) is 13.6. The van der Waals surface area contributed by atoms with Gasteiger partial charge >= 0.3 is 0 Å². The van der Waals surface area contributed by atoms with Gasteiger partial charge in [0.05, 0.1) is 5.76 Å². The Morgan fingerprint density at radius 2 is 1.16 bits per heavy atom. The average Bonchev–Trinajstić information content (AvgIpc) is 2.94. The SMILES string of the molecule is C=C(O)C[C@@H]1CC[C@@H](N(CC2CCCCC2)CC2CCCCC2)[C@H](c2ccc(C3CCCCC3)cc2)C1. The molecule has 0 aromatic heterocycles. The van der Waals surface area contributed by atoms with E-state index in [0.717, 1.165) is 24.2 Å². The second-order valence-corrected chi connectivity index (χ2v) is 13.6. The zero-order chi connectivity index (χ0) is 25.5. The molecule has 2 heteroatoms. The highest BCUT2D eigenvalue weighted by atomic mass is 16.3. The van der Waals surface area contributed by atoms with Crippen LogP contribution in [0.2, 0.25) is 0 Å². The third-order valence-electron chi connectivity index (χ3n) is 10.8. The Kier molecular flexibility index (Phi) is 10.1. The quantitative estimate of drug-likeness (QED) is 0.337. The number of hydrogen-bond donors (Lipinski definition) is 1. The third-order valence-corrected chi connectivity index (χ3v) is 10.8. The summed E-state index contributed by atoms with van der Waals surface area (Å²) in [6.45, 7) is 6.52. The zero-order valence-electron chi connectivity index (χ0n) is 23.7. The van der Waals surface area contributed by atoms with Gasteiger partial charge in [-0.15, -0.1) is 0 Å². The minimum atomic E-state index is 0.385. The number of hydrogen-bond acceptors (Lipinski definition) is 2. The van der Waals surface area contributed by atoms with E-state index in [9.17, 15) is 5.11 Å². The molecule has 0 aliphatic heterocycles. The van der Waals surface area contributed by atoms with Crippen molar-refractivity contribution in [3.63, 3.8) is 0 Å². The lowest BCUT2D eigenvalue weighted by atomic mass is 9.72. The van der Waals surface area contributed by atoms with Crippen LogP contribution in [0.3, 0.4) is 0 Å². The van der Waals surface area contributed by atoms with Crippen molar-refractivity contribution in [3.05, 3.63) is 47.7 Å². The molecule has 1 N–H and O–H groups in total. The molecule has 2 nitrogen and oxygen atoms in total. The van der Waals surface area contributed by atoms with Gasteiger partial charge in [-0.2, -0.15) is 0 Å². The molecule has 5 rings (SSSR count). The van der Waals surface area contributed by atoms with Gasteiger partial charge in [-0.05, 0) is 98.5 Å². The van der Waals surface area contributed by atoms with Crippen molar-refractivity contribution >= 4 is 0 Å². The lowest BCUT2D eigenvalue weighted by Crippen LogP contribution is -2.47. The van der Waals surface area contributed by atoms with Crippen LogP contribution in [0.1, 0.15) is 145 Å². The standard InChI is InChI=1S/C35H55NO/c1-27(37)23-30-17-22-35(34(24-30)33-20-18-32(19-21-33)31-15-9-4-10-16-31)36(25-28-11-5-2-6-12-28)26-29-13-7-3-8-14-29/h18-21,28-31,34-35,37H,1-17,22-26H2/t30-,34-,35+/m0/s1. The molecular formula is C35H55NO. The van der Waals surface area contributed by atoms with Crippen LogP contribution in [-0.4, -0.2) is 29.1 Å². The first kappa shape index (κ1) is 27.3. The van der Waals surface area contributed by atoms with Crippen molar-refractivity contribution in [1.82, 2.24) is 4.90 Å². The van der Waals surface area contributed by atoms with Gasteiger partial charge in [-0.3, -0.25) is 4.90 Å². The van der Waals surface area contributed by atoms with Crippen LogP contribution < -0.4 is 0 Å². The van der Waals surface area contributed by atoms with Crippen LogP contribution in [0, 0.1) is 17.8 Å². The predicted molar refractivity (Wildman–Crippen MR) is 157 cm³/mol. The normalized spacial score (nSPS) is 28.9. The Morgan fingerprint density at radius 1 is 0.649 bits per heavy atom. The van der Waals surface area contributed by atoms with Crippen LogP contribution in [0.25, 0.3) is 0 Å². The van der Waals surface area contributed by atoms with Crippen molar-refractivity contribution in [2.24, 2.45) is 17.8 Å². The van der Waals surface area contributed by atoms with E-state index < -0.39 is 0 Å². The van der Waals surface area contributed by atoms with Gasteiger partial charge in [0.25, 0.3) is 0 Å². The van der Waals surface area contributed by atoms with Crippen LogP contribution in [0.4, 0.5) is 0 Å². The van der Waals surface area contributed by atoms with E-state index in [2.05, 4.69) is 35.7 Å². The van der Waals surface area contributed by atoms with Gasteiger partial charge in [-0.1, -0.05) is 88.6 Å². The van der Waals surface area contributed by atoms with E-state index in [-0.39, 0.29) is 0 Å². The molecule has 0 heterocycles. The van der Waals surface area contributed by atoms with Gasteiger partial charge in [-0.25, -0.2) is 0 Å². The van der Waals surface area contributed by atoms with E-state index >= 15 is 0 Å². The van der Waals surface area contributed by atoms with Crippen LogP contribution in [-0.2, 0) is 0 Å². The number of benzene rings is 1. The Bertz CT molecular complexity index is 792.